The van der Waals surface area contributed by atoms with E-state index in [4.69, 9.17) is 4.74 Å². The molecular weight excluding hydrogens is 140 g/mol. The van der Waals surface area contributed by atoms with Crippen molar-refractivity contribution in [2.75, 3.05) is 6.61 Å². The highest BCUT2D eigenvalue weighted by molar-refractivity contribution is 5.63. The molecule has 0 bridgehead atoms. The molecule has 2 atom stereocenters. The molecule has 0 N–H and O–H groups in total. The van der Waals surface area contributed by atoms with Crippen LogP contribution >= 0.6 is 0 Å². The Morgan fingerprint density at radius 2 is 2.45 bits per heavy atom. The molecule has 0 amide bonds. The Morgan fingerprint density at radius 1 is 1.73 bits per heavy atom. The molecule has 0 radical (unpaired) electrons. The van der Waals surface area contributed by atoms with Crippen molar-refractivity contribution in [1.29, 1.82) is 0 Å². The third kappa shape index (κ3) is 1.45. The van der Waals surface area contributed by atoms with E-state index >= 15 is 0 Å². The van der Waals surface area contributed by atoms with Gasteiger partial charge in [0.05, 0.1) is 0 Å². The van der Waals surface area contributed by atoms with Crippen LogP contribution in [0.25, 0.3) is 0 Å². The summed E-state index contributed by atoms with van der Waals surface area (Å²) in [4.78, 5) is 10.8. The first-order valence-electron chi connectivity index (χ1n) is 4.35. The van der Waals surface area contributed by atoms with Gasteiger partial charge in [0, 0.05) is 6.61 Å². The smallest absolute Gasteiger partial charge is 0.152 e. The lowest BCUT2D eigenvalue weighted by atomic mass is 9.94. The molecule has 2 unspecified atom stereocenters. The number of carbonyl (C=O) groups excluding carboxylic acids is 1. The molecule has 2 heteroatoms. The fourth-order valence-electron chi connectivity index (χ4n) is 1.87. The molecule has 0 saturated heterocycles. The zero-order valence-corrected chi connectivity index (χ0v) is 7.30. The number of rotatable bonds is 3. The predicted molar refractivity (Wildman–Crippen MR) is 43.4 cm³/mol. The summed E-state index contributed by atoms with van der Waals surface area (Å²) in [5.74, 6) is 0.403. The zero-order valence-electron chi connectivity index (χ0n) is 7.30. The van der Waals surface area contributed by atoms with Crippen molar-refractivity contribution in [1.82, 2.24) is 0 Å². The monoisotopic (exact) mass is 156 g/mol. The highest BCUT2D eigenvalue weighted by Gasteiger charge is 2.40. The van der Waals surface area contributed by atoms with Gasteiger partial charge in [-0.2, -0.15) is 0 Å². The molecule has 0 heterocycles. The Morgan fingerprint density at radius 3 is 2.82 bits per heavy atom. The second-order valence-corrected chi connectivity index (χ2v) is 3.30. The number of ether oxygens (including phenoxy) is 1. The van der Waals surface area contributed by atoms with Crippen LogP contribution in [0.2, 0.25) is 0 Å². The summed E-state index contributed by atoms with van der Waals surface area (Å²) in [6, 6.07) is 0. The average molecular weight is 156 g/mol. The van der Waals surface area contributed by atoms with Crippen molar-refractivity contribution in [3.8, 4) is 0 Å². The van der Waals surface area contributed by atoms with Crippen LogP contribution in [0.4, 0.5) is 0 Å². The summed E-state index contributed by atoms with van der Waals surface area (Å²) in [5, 5.41) is 0. The fraction of sp³-hybridized carbons (Fsp3) is 0.889. The van der Waals surface area contributed by atoms with Gasteiger partial charge in [-0.15, -0.1) is 0 Å². The topological polar surface area (TPSA) is 26.3 Å². The molecule has 1 aliphatic rings. The lowest BCUT2D eigenvalue weighted by Crippen LogP contribution is -2.37. The highest BCUT2D eigenvalue weighted by Crippen LogP contribution is 2.36. The van der Waals surface area contributed by atoms with Crippen molar-refractivity contribution < 1.29 is 9.53 Å². The van der Waals surface area contributed by atoms with E-state index in [2.05, 4.69) is 6.92 Å². The summed E-state index contributed by atoms with van der Waals surface area (Å²) in [6.07, 6.45) is 4.15. The van der Waals surface area contributed by atoms with E-state index in [1.54, 1.807) is 0 Å². The van der Waals surface area contributed by atoms with Gasteiger partial charge in [0.2, 0.25) is 0 Å². The molecule has 2 nitrogen and oxygen atoms in total. The van der Waals surface area contributed by atoms with E-state index in [-0.39, 0.29) is 0 Å². The lowest BCUT2D eigenvalue weighted by Gasteiger charge is -2.26. The minimum atomic E-state index is -0.436. The maximum Gasteiger partial charge on any atom is 0.152 e. The molecule has 0 aromatic heterocycles. The fourth-order valence-corrected chi connectivity index (χ4v) is 1.87. The van der Waals surface area contributed by atoms with E-state index in [0.29, 0.717) is 12.5 Å². The van der Waals surface area contributed by atoms with E-state index in [0.717, 1.165) is 25.5 Å². The second-order valence-electron chi connectivity index (χ2n) is 3.30. The van der Waals surface area contributed by atoms with Gasteiger partial charge in [-0.3, -0.25) is 0 Å². The van der Waals surface area contributed by atoms with Crippen LogP contribution in [0.1, 0.15) is 33.1 Å². The van der Waals surface area contributed by atoms with Crippen molar-refractivity contribution >= 4 is 6.29 Å². The average Bonchev–Trinajstić information content (AvgIpc) is 2.35. The summed E-state index contributed by atoms with van der Waals surface area (Å²) in [7, 11) is 0. The van der Waals surface area contributed by atoms with E-state index < -0.39 is 5.60 Å². The quantitative estimate of drug-likeness (QED) is 0.582. The summed E-state index contributed by atoms with van der Waals surface area (Å²) >= 11 is 0. The van der Waals surface area contributed by atoms with Crippen LogP contribution < -0.4 is 0 Å². The van der Waals surface area contributed by atoms with Gasteiger partial charge in [0.25, 0.3) is 0 Å². The van der Waals surface area contributed by atoms with Gasteiger partial charge >= 0.3 is 0 Å². The van der Waals surface area contributed by atoms with Crippen LogP contribution in [-0.4, -0.2) is 18.5 Å². The van der Waals surface area contributed by atoms with Crippen molar-refractivity contribution in [2.24, 2.45) is 5.92 Å². The summed E-state index contributed by atoms with van der Waals surface area (Å²) in [6.45, 7) is 4.68. The van der Waals surface area contributed by atoms with Crippen LogP contribution in [0.5, 0.6) is 0 Å². The number of hydrogen-bond acceptors (Lipinski definition) is 2. The Labute approximate surface area is 67.9 Å². The minimum Gasteiger partial charge on any atom is -0.368 e. The maximum atomic E-state index is 10.8. The van der Waals surface area contributed by atoms with Crippen molar-refractivity contribution in [3.63, 3.8) is 0 Å². The highest BCUT2D eigenvalue weighted by atomic mass is 16.5. The standard InChI is InChI=1S/C9H16O2/c1-3-11-9(7-10)6-4-5-8(9)2/h7-8H,3-6H2,1-2H3. The number of aldehydes is 1. The normalized spacial score (nSPS) is 37.5. The molecule has 11 heavy (non-hydrogen) atoms. The molecule has 64 valence electrons. The molecule has 1 saturated carbocycles. The molecule has 1 rings (SSSR count). The Balaban J connectivity index is 2.65. The van der Waals surface area contributed by atoms with Crippen molar-refractivity contribution in [2.45, 2.75) is 38.7 Å². The number of carbonyl (C=O) groups is 1. The largest absolute Gasteiger partial charge is 0.368 e. The first-order valence-corrected chi connectivity index (χ1v) is 4.35. The minimum absolute atomic E-state index is 0.403. The van der Waals surface area contributed by atoms with Gasteiger partial charge in [0.15, 0.2) is 6.29 Å². The van der Waals surface area contributed by atoms with Crippen LogP contribution in [-0.2, 0) is 9.53 Å². The second kappa shape index (κ2) is 3.35. The molecular formula is C9H16O2. The number of hydrogen-bond donors (Lipinski definition) is 0. The van der Waals surface area contributed by atoms with Gasteiger partial charge in [-0.25, -0.2) is 0 Å². The lowest BCUT2D eigenvalue weighted by molar-refractivity contribution is -0.135. The third-order valence-corrected chi connectivity index (χ3v) is 2.65. The Hall–Kier alpha value is -0.370. The Kier molecular flexibility index (Phi) is 2.66. The molecule has 0 aliphatic heterocycles. The first kappa shape index (κ1) is 8.72. The van der Waals surface area contributed by atoms with Crippen LogP contribution in [0.15, 0.2) is 0 Å². The predicted octanol–water partition coefficient (Wildman–Crippen LogP) is 1.78. The molecule has 1 aliphatic carbocycles. The van der Waals surface area contributed by atoms with Crippen LogP contribution in [0, 0.1) is 5.92 Å². The SMILES string of the molecule is CCOC1(C=O)CCCC1C. The summed E-state index contributed by atoms with van der Waals surface area (Å²) < 4.78 is 5.48. The van der Waals surface area contributed by atoms with E-state index in [1.807, 2.05) is 6.92 Å². The van der Waals surface area contributed by atoms with Crippen molar-refractivity contribution in [3.05, 3.63) is 0 Å². The van der Waals surface area contributed by atoms with Crippen LogP contribution in [0.3, 0.4) is 0 Å². The van der Waals surface area contributed by atoms with Gasteiger partial charge in [-0.1, -0.05) is 6.92 Å². The van der Waals surface area contributed by atoms with E-state index in [9.17, 15) is 4.79 Å². The Bertz CT molecular complexity index is 144. The molecule has 0 spiro atoms. The molecule has 0 aromatic rings. The van der Waals surface area contributed by atoms with Gasteiger partial charge in [0.1, 0.15) is 5.60 Å². The first-order chi connectivity index (χ1) is 5.25. The van der Waals surface area contributed by atoms with E-state index in [1.165, 1.54) is 0 Å². The molecule has 1 fully saturated rings. The van der Waals surface area contributed by atoms with Gasteiger partial charge in [-0.05, 0) is 32.1 Å². The third-order valence-electron chi connectivity index (χ3n) is 2.65. The summed E-state index contributed by atoms with van der Waals surface area (Å²) in [5.41, 5.74) is -0.436. The molecule has 0 aromatic carbocycles. The maximum absolute atomic E-state index is 10.8. The zero-order chi connectivity index (χ0) is 8.32. The van der Waals surface area contributed by atoms with Gasteiger partial charge < -0.3 is 9.53 Å².